The standard InChI is InChI=1S/C13H16F3NO/c14-13(15,16)11-2-1-3-12(6-11)18-8-10(7-17)9-4-5-9/h1-3,6,9-10H,4-5,7-8,17H2. The lowest BCUT2D eigenvalue weighted by molar-refractivity contribution is -0.137. The molecule has 1 saturated carbocycles. The first-order valence-corrected chi connectivity index (χ1v) is 6.01. The Balaban J connectivity index is 1.96. The van der Waals surface area contributed by atoms with Crippen LogP contribution in [0.4, 0.5) is 13.2 Å². The SMILES string of the molecule is NCC(COc1cccc(C(F)(F)F)c1)C1CC1. The Morgan fingerprint density at radius 3 is 2.61 bits per heavy atom. The fourth-order valence-electron chi connectivity index (χ4n) is 1.93. The van der Waals surface area contributed by atoms with E-state index in [4.69, 9.17) is 10.5 Å². The van der Waals surface area contributed by atoms with Crippen LogP contribution in [-0.4, -0.2) is 13.2 Å². The lowest BCUT2D eigenvalue weighted by Gasteiger charge is -2.15. The summed E-state index contributed by atoms with van der Waals surface area (Å²) in [5.74, 6) is 1.09. The molecule has 0 spiro atoms. The van der Waals surface area contributed by atoms with Crippen molar-refractivity contribution < 1.29 is 17.9 Å². The third-order valence-electron chi connectivity index (χ3n) is 3.22. The fourth-order valence-corrected chi connectivity index (χ4v) is 1.93. The molecule has 2 rings (SSSR count). The van der Waals surface area contributed by atoms with Gasteiger partial charge in [-0.15, -0.1) is 0 Å². The molecule has 1 aliphatic carbocycles. The minimum atomic E-state index is -4.33. The van der Waals surface area contributed by atoms with Crippen LogP contribution in [0.25, 0.3) is 0 Å². The summed E-state index contributed by atoms with van der Waals surface area (Å²) >= 11 is 0. The van der Waals surface area contributed by atoms with Gasteiger partial charge < -0.3 is 10.5 Å². The highest BCUT2D eigenvalue weighted by atomic mass is 19.4. The second-order valence-electron chi connectivity index (χ2n) is 4.67. The zero-order valence-electron chi connectivity index (χ0n) is 9.91. The lowest BCUT2D eigenvalue weighted by Crippen LogP contribution is -2.23. The van der Waals surface area contributed by atoms with E-state index in [0.717, 1.165) is 25.0 Å². The molecule has 0 radical (unpaired) electrons. The van der Waals surface area contributed by atoms with Crippen molar-refractivity contribution in [3.63, 3.8) is 0 Å². The maximum atomic E-state index is 12.5. The first-order chi connectivity index (χ1) is 8.50. The van der Waals surface area contributed by atoms with Crippen LogP contribution in [0.15, 0.2) is 24.3 Å². The predicted octanol–water partition coefficient (Wildman–Crippen LogP) is 3.07. The van der Waals surface area contributed by atoms with Crippen molar-refractivity contribution in [1.82, 2.24) is 0 Å². The van der Waals surface area contributed by atoms with Gasteiger partial charge in [-0.3, -0.25) is 0 Å². The molecule has 1 aromatic rings. The van der Waals surface area contributed by atoms with Crippen LogP contribution in [0.5, 0.6) is 5.75 Å². The molecule has 1 unspecified atom stereocenters. The van der Waals surface area contributed by atoms with Crippen molar-refractivity contribution in [2.24, 2.45) is 17.6 Å². The van der Waals surface area contributed by atoms with Gasteiger partial charge in [-0.25, -0.2) is 0 Å². The van der Waals surface area contributed by atoms with E-state index in [2.05, 4.69) is 0 Å². The minimum absolute atomic E-state index is 0.250. The van der Waals surface area contributed by atoms with Gasteiger partial charge in [0.15, 0.2) is 0 Å². The Morgan fingerprint density at radius 1 is 1.33 bits per heavy atom. The number of nitrogens with two attached hydrogens (primary N) is 1. The van der Waals surface area contributed by atoms with Crippen molar-refractivity contribution in [2.45, 2.75) is 19.0 Å². The van der Waals surface area contributed by atoms with Crippen LogP contribution in [-0.2, 0) is 6.18 Å². The van der Waals surface area contributed by atoms with Crippen LogP contribution in [0.2, 0.25) is 0 Å². The van der Waals surface area contributed by atoms with Crippen LogP contribution in [0.3, 0.4) is 0 Å². The smallest absolute Gasteiger partial charge is 0.416 e. The molecule has 0 amide bonds. The van der Waals surface area contributed by atoms with E-state index >= 15 is 0 Å². The molecule has 5 heteroatoms. The van der Waals surface area contributed by atoms with Crippen molar-refractivity contribution in [1.29, 1.82) is 0 Å². The second kappa shape index (κ2) is 5.18. The zero-order chi connectivity index (χ0) is 13.2. The number of alkyl halides is 3. The fraction of sp³-hybridized carbons (Fsp3) is 0.538. The topological polar surface area (TPSA) is 35.2 Å². The Morgan fingerprint density at radius 2 is 2.06 bits per heavy atom. The molecule has 1 aromatic carbocycles. The second-order valence-corrected chi connectivity index (χ2v) is 4.67. The molecule has 1 aliphatic rings. The summed E-state index contributed by atoms with van der Waals surface area (Å²) in [6, 6.07) is 4.96. The molecular weight excluding hydrogens is 243 g/mol. The molecule has 1 fully saturated rings. The van der Waals surface area contributed by atoms with E-state index < -0.39 is 11.7 Å². The molecule has 1 atom stereocenters. The maximum absolute atomic E-state index is 12.5. The molecule has 0 saturated heterocycles. The summed E-state index contributed by atoms with van der Waals surface area (Å²) in [6.45, 7) is 0.909. The molecular formula is C13H16F3NO. The first-order valence-electron chi connectivity index (χ1n) is 6.01. The number of hydrogen-bond acceptors (Lipinski definition) is 2. The van der Waals surface area contributed by atoms with E-state index in [0.29, 0.717) is 19.1 Å². The third kappa shape index (κ3) is 3.38. The minimum Gasteiger partial charge on any atom is -0.493 e. The molecule has 2 N–H and O–H groups in total. The Bertz CT molecular complexity index is 401. The molecule has 2 nitrogen and oxygen atoms in total. The van der Waals surface area contributed by atoms with Crippen molar-refractivity contribution in [3.05, 3.63) is 29.8 Å². The Hall–Kier alpha value is -1.23. The van der Waals surface area contributed by atoms with E-state index in [1.165, 1.54) is 12.1 Å². The highest BCUT2D eigenvalue weighted by Crippen LogP contribution is 2.37. The average molecular weight is 259 g/mol. The van der Waals surface area contributed by atoms with Gasteiger partial charge >= 0.3 is 6.18 Å². The molecule has 0 heterocycles. The van der Waals surface area contributed by atoms with Crippen molar-refractivity contribution >= 4 is 0 Å². The summed E-state index contributed by atoms with van der Waals surface area (Å²) in [6.07, 6.45) is -2.04. The van der Waals surface area contributed by atoms with Gasteiger partial charge in [0.05, 0.1) is 12.2 Å². The highest BCUT2D eigenvalue weighted by Gasteiger charge is 2.32. The van der Waals surface area contributed by atoms with Gasteiger partial charge in [0.2, 0.25) is 0 Å². The first kappa shape index (κ1) is 13.2. The number of ether oxygens (including phenoxy) is 1. The normalized spacial score (nSPS) is 17.6. The van der Waals surface area contributed by atoms with Gasteiger partial charge in [0, 0.05) is 5.92 Å². The average Bonchev–Trinajstić information content (AvgIpc) is 3.14. The summed E-state index contributed by atoms with van der Waals surface area (Å²) < 4.78 is 42.9. The van der Waals surface area contributed by atoms with E-state index in [1.807, 2.05) is 0 Å². The summed E-state index contributed by atoms with van der Waals surface area (Å²) in [4.78, 5) is 0. The molecule has 0 aliphatic heterocycles. The zero-order valence-corrected chi connectivity index (χ0v) is 9.91. The van der Waals surface area contributed by atoms with Crippen LogP contribution >= 0.6 is 0 Å². The predicted molar refractivity (Wildman–Crippen MR) is 62.2 cm³/mol. The number of halogens is 3. The highest BCUT2D eigenvalue weighted by molar-refractivity contribution is 5.30. The van der Waals surface area contributed by atoms with Gasteiger partial charge in [-0.1, -0.05) is 6.07 Å². The largest absolute Gasteiger partial charge is 0.493 e. The maximum Gasteiger partial charge on any atom is 0.416 e. The van der Waals surface area contributed by atoms with Crippen LogP contribution in [0, 0.1) is 11.8 Å². The van der Waals surface area contributed by atoms with Gasteiger partial charge in [-0.05, 0) is 43.5 Å². The monoisotopic (exact) mass is 259 g/mol. The van der Waals surface area contributed by atoms with E-state index in [-0.39, 0.29) is 11.7 Å². The summed E-state index contributed by atoms with van der Waals surface area (Å²) in [5.41, 5.74) is 4.93. The Kier molecular flexibility index (Phi) is 3.80. The quantitative estimate of drug-likeness (QED) is 0.882. The molecule has 100 valence electrons. The van der Waals surface area contributed by atoms with Crippen LogP contribution in [0.1, 0.15) is 18.4 Å². The molecule has 18 heavy (non-hydrogen) atoms. The third-order valence-corrected chi connectivity index (χ3v) is 3.22. The summed E-state index contributed by atoms with van der Waals surface area (Å²) in [7, 11) is 0. The molecule has 0 aromatic heterocycles. The van der Waals surface area contributed by atoms with Crippen molar-refractivity contribution in [3.8, 4) is 5.75 Å². The van der Waals surface area contributed by atoms with Crippen molar-refractivity contribution in [2.75, 3.05) is 13.2 Å². The van der Waals surface area contributed by atoms with E-state index in [9.17, 15) is 13.2 Å². The van der Waals surface area contributed by atoms with E-state index in [1.54, 1.807) is 0 Å². The van der Waals surface area contributed by atoms with Crippen LogP contribution < -0.4 is 10.5 Å². The molecule has 0 bridgehead atoms. The van der Waals surface area contributed by atoms with Gasteiger partial charge in [0.1, 0.15) is 5.75 Å². The number of hydrogen-bond donors (Lipinski definition) is 1. The lowest BCUT2D eigenvalue weighted by atomic mass is 10.1. The Labute approximate surface area is 104 Å². The number of benzene rings is 1. The van der Waals surface area contributed by atoms with Gasteiger partial charge in [0.25, 0.3) is 0 Å². The number of rotatable bonds is 5. The van der Waals surface area contributed by atoms with Gasteiger partial charge in [-0.2, -0.15) is 13.2 Å². The summed E-state index contributed by atoms with van der Waals surface area (Å²) in [5, 5.41) is 0.